The van der Waals surface area contributed by atoms with Gasteiger partial charge in [0.25, 0.3) is 5.91 Å². The third kappa shape index (κ3) is 17.3. The second-order valence-corrected chi connectivity index (χ2v) is 28.0. The molecule has 0 radical (unpaired) electrons. The van der Waals surface area contributed by atoms with Crippen LogP contribution < -0.4 is 5.48 Å². The van der Waals surface area contributed by atoms with Crippen LogP contribution in [-0.4, -0.2) is 48.3 Å². The Morgan fingerprint density at radius 1 is 0.398 bits per heavy atom. The number of methoxy groups -OCH3 is 2. The number of carboxylic acid groups (broad SMARTS) is 1. The number of hydrogen-bond acceptors (Lipinski definition) is 10. The number of thiophene rings is 3. The molecule has 0 unspecified atom stereocenters. The fourth-order valence-corrected chi connectivity index (χ4v) is 17.4. The number of allylic oxidation sites excluding steroid dienone is 4. The summed E-state index contributed by atoms with van der Waals surface area (Å²) in [5.41, 5.74) is 6.63. The second-order valence-electron chi connectivity index (χ2n) is 24.7. The van der Waals surface area contributed by atoms with Gasteiger partial charge in [-0.05, 0) is 224 Å². The lowest BCUT2D eigenvalue weighted by atomic mass is 9.77. The molecule has 14 rings (SSSR count). The molecule has 0 aliphatic heterocycles. The normalized spacial score (nSPS) is 18.7. The summed E-state index contributed by atoms with van der Waals surface area (Å²) in [4.78, 5) is 53.1. The number of amides is 1. The smallest absolute Gasteiger partial charge is 0.320 e. The Hall–Kier alpha value is -7.66. The van der Waals surface area contributed by atoms with E-state index >= 15 is 0 Å². The number of hydrogen-bond donors (Lipinski definition) is 3. The number of benzene rings is 7. The van der Waals surface area contributed by atoms with E-state index in [1.54, 1.807) is 104 Å². The van der Waals surface area contributed by atoms with Gasteiger partial charge < -0.3 is 14.6 Å². The van der Waals surface area contributed by atoms with Gasteiger partial charge >= 0.3 is 17.9 Å². The summed E-state index contributed by atoms with van der Waals surface area (Å²) >= 11 is 5.08. The zero-order valence-electron chi connectivity index (χ0n) is 55.6. The molecule has 3 aromatic heterocycles. The number of carboxylic acids is 1. The van der Waals surface area contributed by atoms with Gasteiger partial charge in [-0.25, -0.2) is 23.0 Å². The third-order valence-electron chi connectivity index (χ3n) is 19.2. The van der Waals surface area contributed by atoms with Crippen molar-refractivity contribution in [3.8, 4) is 0 Å². The van der Waals surface area contributed by atoms with Crippen LogP contribution in [0.5, 0.6) is 0 Å². The van der Waals surface area contributed by atoms with Gasteiger partial charge in [-0.15, -0.1) is 34.0 Å². The first-order valence-corrected chi connectivity index (χ1v) is 33.7. The van der Waals surface area contributed by atoms with Crippen LogP contribution in [0.15, 0.2) is 194 Å². The minimum Gasteiger partial charge on any atom is -0.480 e. The number of esters is 2. The van der Waals surface area contributed by atoms with E-state index in [4.69, 9.17) is 9.47 Å². The molecule has 1 amide bonds. The Labute approximate surface area is 643 Å². The zero-order valence-corrected chi connectivity index (χ0v) is 62.1. The molecule has 20 heteroatoms. The molecule has 3 heterocycles. The van der Waals surface area contributed by atoms with E-state index in [0.717, 1.165) is 55.2 Å². The molecule has 3 N–H and O–H groups in total. The number of carbonyl (C=O) groups is 4. The van der Waals surface area contributed by atoms with Gasteiger partial charge in [0.05, 0.1) is 19.6 Å². The molecule has 4 atom stereocenters. The minimum atomic E-state index is -1.16. The molecule has 7 aromatic carbocycles. The van der Waals surface area contributed by atoms with Crippen LogP contribution in [0.25, 0.3) is 47.0 Å². The molecular weight excluding hydrogens is 1440 g/mol. The third-order valence-corrected chi connectivity index (χ3v) is 22.8. The molecule has 550 valence electrons. The summed E-state index contributed by atoms with van der Waals surface area (Å²) in [6.07, 6.45) is 12.8. The van der Waals surface area contributed by atoms with Crippen molar-refractivity contribution in [3.05, 3.63) is 276 Å². The molecule has 0 spiro atoms. The van der Waals surface area contributed by atoms with Gasteiger partial charge in [0.2, 0.25) is 0 Å². The summed E-state index contributed by atoms with van der Waals surface area (Å²) in [6, 6.07) is 50.2. The van der Waals surface area contributed by atoms with Gasteiger partial charge in [0.15, 0.2) is 0 Å². The Morgan fingerprint density at radius 2 is 0.680 bits per heavy atom. The first-order chi connectivity index (χ1) is 45.6. The SMILES string of the molecule is C.C.C.C.COC(=O)[C@]1(c2cccc(F)c2C)C=C(C)CC1.COC(=O)[C@]1(c2cccc(F)c2C)C=C(c2cc3ccccc3s2)CC1.Cc1c(F)cccc1[C@@]1(C(=O)NO)C=C(c2cc3ccccc3s2)CC1.Cc1c(F)cccc1[C@@]1(C(=O)O)C=C(c2cc3ccccc3s2)CC1.S.S.S.S. The van der Waals surface area contributed by atoms with Crippen LogP contribution in [0.2, 0.25) is 0 Å². The van der Waals surface area contributed by atoms with Gasteiger partial charge in [-0.3, -0.25) is 24.4 Å². The van der Waals surface area contributed by atoms with Crippen molar-refractivity contribution in [2.45, 2.75) is 137 Å². The highest BCUT2D eigenvalue weighted by Crippen LogP contribution is 2.51. The highest BCUT2D eigenvalue weighted by molar-refractivity contribution is 7.59. The number of halogens is 4. The molecule has 0 fully saturated rings. The Bertz CT molecular complexity index is 4540. The largest absolute Gasteiger partial charge is 0.480 e. The van der Waals surface area contributed by atoms with Crippen molar-refractivity contribution in [1.82, 2.24) is 5.48 Å². The number of fused-ring (bicyclic) bond motifs is 3. The first-order valence-electron chi connectivity index (χ1n) is 31.3. The maximum Gasteiger partial charge on any atom is 0.320 e. The van der Waals surface area contributed by atoms with Crippen LogP contribution >= 0.6 is 88.0 Å². The number of nitrogens with one attached hydrogen (secondary N) is 1. The van der Waals surface area contributed by atoms with Crippen LogP contribution in [-0.2, 0) is 50.3 Å². The monoisotopic (exact) mass is 1530 g/mol. The van der Waals surface area contributed by atoms with Crippen LogP contribution in [0.4, 0.5) is 17.6 Å². The topological polar surface area (TPSA) is 139 Å². The molecule has 0 saturated heterocycles. The van der Waals surface area contributed by atoms with Crippen LogP contribution in [0.3, 0.4) is 0 Å². The van der Waals surface area contributed by atoms with Crippen LogP contribution in [0.1, 0.15) is 147 Å². The molecule has 103 heavy (non-hydrogen) atoms. The van der Waals surface area contributed by atoms with Crippen molar-refractivity contribution in [2.24, 2.45) is 0 Å². The number of carbonyl (C=O) groups excluding carboxylic acids is 3. The fraction of sp³-hybridized carbons (Fsp3) is 0.277. The minimum absolute atomic E-state index is 0. The van der Waals surface area contributed by atoms with E-state index in [9.17, 15) is 47.1 Å². The predicted molar refractivity (Wildman–Crippen MR) is 441 cm³/mol. The summed E-state index contributed by atoms with van der Waals surface area (Å²) in [5, 5.41) is 22.8. The Kier molecular flexibility index (Phi) is 32.5. The standard InChI is InChI=1S/C22H19FO2S.C21H18FNO2S.C21H17FO2S.C15H17FO2.4CH4.4H2S/c1-14-17(7-5-8-18(14)23)22(21(24)25-2)11-10-16(13-22)20-12-15-6-3-4-9-19(15)26-20;1-13-16(6-4-7-17(13)22)21(20(24)23-25)10-9-15(12-21)19-11-14-5-2-3-8-18(14)26-19;1-13-16(6-4-7-17(13)22)21(20(23)24)10-9-15(12-21)19-11-14-5-2-3-8-18(14)25-19;1-10-7-8-15(9-10,14(17)18-3)12-5-4-6-13(16)11(12)2;;;;;;;;/h3-9,12-13H,10-11H2,1-2H3;2-8,11-12,25H,9-10H2,1H3,(H,23,24);2-8,11-12H,9-10H2,1H3,(H,23,24);4-6,9H,7-8H2,1-3H3;4*1H4;4*1H2/t22-;2*21-;15-;;;;;;;;/m0000......../s1. The summed E-state index contributed by atoms with van der Waals surface area (Å²) < 4.78 is 69.6. The summed E-state index contributed by atoms with van der Waals surface area (Å²) in [7, 11) is 2.77. The molecule has 4 aliphatic rings. The maximum absolute atomic E-state index is 14.2. The molecular formula is C83H95F4NO8S7. The average Bonchev–Trinajstić information content (AvgIpc) is 1.65. The molecule has 4 aliphatic carbocycles. The lowest BCUT2D eigenvalue weighted by molar-refractivity contribution is -0.146. The number of ether oxygens (including phenoxy) is 2. The van der Waals surface area contributed by atoms with E-state index in [2.05, 4.69) is 54.6 Å². The number of rotatable bonds is 11. The highest BCUT2D eigenvalue weighted by atomic mass is 32.1. The van der Waals surface area contributed by atoms with Crippen molar-refractivity contribution in [3.63, 3.8) is 0 Å². The molecule has 0 saturated carbocycles. The van der Waals surface area contributed by atoms with Gasteiger partial charge in [-0.1, -0.05) is 163 Å². The van der Waals surface area contributed by atoms with E-state index < -0.39 is 33.5 Å². The van der Waals surface area contributed by atoms with Crippen molar-refractivity contribution < 1.29 is 56.5 Å². The van der Waals surface area contributed by atoms with Crippen molar-refractivity contribution >= 4 is 159 Å². The lowest BCUT2D eigenvalue weighted by Crippen LogP contribution is -2.41. The van der Waals surface area contributed by atoms with E-state index in [0.29, 0.717) is 83.0 Å². The predicted octanol–water partition coefficient (Wildman–Crippen LogP) is 22.4. The second kappa shape index (κ2) is 37.4. The van der Waals surface area contributed by atoms with E-state index in [-0.39, 0.29) is 119 Å². The zero-order chi connectivity index (χ0) is 67.6. The lowest BCUT2D eigenvalue weighted by Gasteiger charge is -2.27. The Balaban J connectivity index is 0.000000351. The van der Waals surface area contributed by atoms with E-state index in [1.165, 1.54) is 63.4 Å². The van der Waals surface area contributed by atoms with Gasteiger partial charge in [-0.2, -0.15) is 54.0 Å². The van der Waals surface area contributed by atoms with Gasteiger partial charge in [0, 0.05) is 28.7 Å². The number of hydroxylamine groups is 1. The summed E-state index contributed by atoms with van der Waals surface area (Å²) in [5.74, 6) is -3.38. The quantitative estimate of drug-likeness (QED) is 0.0383. The fourth-order valence-electron chi connectivity index (χ4n) is 14.1. The van der Waals surface area contributed by atoms with Crippen molar-refractivity contribution in [2.75, 3.05) is 14.2 Å². The molecule has 0 bridgehead atoms. The van der Waals surface area contributed by atoms with Crippen molar-refractivity contribution in [1.29, 1.82) is 0 Å². The number of aliphatic carboxylic acids is 1. The van der Waals surface area contributed by atoms with E-state index in [1.807, 2.05) is 79.8 Å². The van der Waals surface area contributed by atoms with Crippen LogP contribution in [0, 0.1) is 51.0 Å². The Morgan fingerprint density at radius 3 is 0.990 bits per heavy atom. The summed E-state index contributed by atoms with van der Waals surface area (Å²) in [6.45, 7) is 8.74. The molecule has 10 aromatic rings. The van der Waals surface area contributed by atoms with Gasteiger partial charge in [0.1, 0.15) is 39.5 Å². The first kappa shape index (κ1) is 89.6. The maximum atomic E-state index is 14.2. The average molecular weight is 1540 g/mol. The molecule has 9 nitrogen and oxygen atoms in total. The highest BCUT2D eigenvalue weighted by Gasteiger charge is 2.48.